The number of ether oxygens (including phenoxy) is 2. The zero-order chi connectivity index (χ0) is 24.4. The highest BCUT2D eigenvalue weighted by molar-refractivity contribution is 5.75. The van der Waals surface area contributed by atoms with Gasteiger partial charge in [0.1, 0.15) is 23.7 Å². The Hall–Kier alpha value is -3.63. The standard InChI is InChI=1S/C26H25N3O6/c1-33-22-12-17(25-28-29-26(35-25)20-7-2-3-10-27-20)8-9-19(22)15-5-4-6-16(11-15)24-23(32)21(31)13-18(14-30)34-24/h2-12,18,21,23-24,30-32H,13-14H2,1H3. The zero-order valence-electron chi connectivity index (χ0n) is 19.0. The zero-order valence-corrected chi connectivity index (χ0v) is 19.0. The molecule has 0 saturated carbocycles. The van der Waals surface area contributed by atoms with Crippen molar-refractivity contribution in [1.29, 1.82) is 0 Å². The van der Waals surface area contributed by atoms with Gasteiger partial charge < -0.3 is 29.2 Å². The van der Waals surface area contributed by atoms with Crippen LogP contribution in [-0.4, -0.2) is 62.5 Å². The molecule has 35 heavy (non-hydrogen) atoms. The first-order chi connectivity index (χ1) is 17.1. The monoisotopic (exact) mass is 475 g/mol. The minimum Gasteiger partial charge on any atom is -0.496 e. The molecule has 0 aliphatic carbocycles. The number of aliphatic hydroxyl groups excluding tert-OH is 3. The summed E-state index contributed by atoms with van der Waals surface area (Å²) in [4.78, 5) is 4.23. The van der Waals surface area contributed by atoms with Crippen LogP contribution in [0.3, 0.4) is 0 Å². The molecule has 0 radical (unpaired) electrons. The summed E-state index contributed by atoms with van der Waals surface area (Å²) in [5, 5.41) is 38.4. The Balaban J connectivity index is 1.45. The van der Waals surface area contributed by atoms with E-state index >= 15 is 0 Å². The minimum absolute atomic E-state index is 0.181. The molecule has 3 N–H and O–H groups in total. The van der Waals surface area contributed by atoms with Gasteiger partial charge in [0, 0.05) is 23.7 Å². The summed E-state index contributed by atoms with van der Waals surface area (Å²) in [5.41, 5.74) is 3.62. The Morgan fingerprint density at radius 3 is 2.60 bits per heavy atom. The lowest BCUT2D eigenvalue weighted by Crippen LogP contribution is -2.44. The number of rotatable bonds is 6. The van der Waals surface area contributed by atoms with E-state index in [-0.39, 0.29) is 13.0 Å². The molecule has 1 aliphatic rings. The van der Waals surface area contributed by atoms with Crippen molar-refractivity contribution >= 4 is 0 Å². The van der Waals surface area contributed by atoms with E-state index in [1.54, 1.807) is 19.4 Å². The molecule has 1 aliphatic heterocycles. The Kier molecular flexibility index (Phi) is 6.56. The first kappa shape index (κ1) is 23.1. The van der Waals surface area contributed by atoms with Crippen LogP contribution in [0.5, 0.6) is 5.75 Å². The van der Waals surface area contributed by atoms with Gasteiger partial charge in [-0.1, -0.05) is 24.3 Å². The topological polar surface area (TPSA) is 131 Å². The van der Waals surface area contributed by atoms with Crippen LogP contribution in [-0.2, 0) is 4.74 Å². The van der Waals surface area contributed by atoms with Crippen molar-refractivity contribution in [2.24, 2.45) is 0 Å². The molecule has 180 valence electrons. The fourth-order valence-electron chi connectivity index (χ4n) is 4.23. The first-order valence-corrected chi connectivity index (χ1v) is 11.2. The normalized spacial score (nSPS) is 22.2. The lowest BCUT2D eigenvalue weighted by molar-refractivity contribution is -0.179. The Morgan fingerprint density at radius 1 is 0.971 bits per heavy atom. The predicted molar refractivity (Wildman–Crippen MR) is 126 cm³/mol. The van der Waals surface area contributed by atoms with Crippen LogP contribution >= 0.6 is 0 Å². The number of methoxy groups -OCH3 is 1. The van der Waals surface area contributed by atoms with Crippen molar-refractivity contribution in [3.05, 3.63) is 72.4 Å². The Morgan fingerprint density at radius 2 is 1.83 bits per heavy atom. The third-order valence-corrected chi connectivity index (χ3v) is 6.04. The summed E-state index contributed by atoms with van der Waals surface area (Å²) in [6.45, 7) is -0.229. The molecule has 4 aromatic rings. The van der Waals surface area contributed by atoms with Crippen molar-refractivity contribution in [3.63, 3.8) is 0 Å². The lowest BCUT2D eigenvalue weighted by atomic mass is 9.91. The van der Waals surface area contributed by atoms with E-state index in [1.165, 1.54) is 0 Å². The molecular weight excluding hydrogens is 450 g/mol. The van der Waals surface area contributed by atoms with E-state index in [1.807, 2.05) is 54.6 Å². The van der Waals surface area contributed by atoms with Crippen LogP contribution in [0.25, 0.3) is 34.2 Å². The van der Waals surface area contributed by atoms with E-state index in [0.29, 0.717) is 34.4 Å². The van der Waals surface area contributed by atoms with Gasteiger partial charge in [-0.05, 0) is 47.5 Å². The van der Waals surface area contributed by atoms with Crippen molar-refractivity contribution < 1.29 is 29.2 Å². The van der Waals surface area contributed by atoms with Gasteiger partial charge in [-0.3, -0.25) is 4.98 Å². The van der Waals surface area contributed by atoms with Gasteiger partial charge in [-0.15, -0.1) is 10.2 Å². The summed E-state index contributed by atoms with van der Waals surface area (Å²) >= 11 is 0. The molecule has 0 bridgehead atoms. The van der Waals surface area contributed by atoms with Gasteiger partial charge in [0.05, 0.1) is 25.9 Å². The third kappa shape index (κ3) is 4.67. The highest BCUT2D eigenvalue weighted by Gasteiger charge is 2.37. The van der Waals surface area contributed by atoms with Crippen molar-refractivity contribution in [2.45, 2.75) is 30.8 Å². The number of hydrogen-bond acceptors (Lipinski definition) is 9. The fourth-order valence-corrected chi connectivity index (χ4v) is 4.23. The molecule has 3 heterocycles. The molecular formula is C26H25N3O6. The number of benzene rings is 2. The average molecular weight is 476 g/mol. The number of nitrogens with zero attached hydrogens (tertiary/aromatic N) is 3. The summed E-state index contributed by atoms with van der Waals surface area (Å²) in [7, 11) is 1.58. The van der Waals surface area contributed by atoms with E-state index in [4.69, 9.17) is 13.9 Å². The second-order valence-electron chi connectivity index (χ2n) is 8.32. The number of aromatic nitrogens is 3. The molecule has 9 nitrogen and oxygen atoms in total. The summed E-state index contributed by atoms with van der Waals surface area (Å²) < 4.78 is 17.3. The quantitative estimate of drug-likeness (QED) is 0.385. The maximum Gasteiger partial charge on any atom is 0.266 e. The molecule has 5 rings (SSSR count). The molecule has 9 heteroatoms. The molecule has 1 saturated heterocycles. The van der Waals surface area contributed by atoms with Crippen LogP contribution in [0.2, 0.25) is 0 Å². The summed E-state index contributed by atoms with van der Waals surface area (Å²) in [5.74, 6) is 1.26. The SMILES string of the molecule is COc1cc(-c2nnc(-c3ccccn3)o2)ccc1-c1cccc(C2OC(CO)CC(O)C2O)c1. The van der Waals surface area contributed by atoms with Crippen LogP contribution in [0.1, 0.15) is 18.1 Å². The largest absolute Gasteiger partial charge is 0.496 e. The third-order valence-electron chi connectivity index (χ3n) is 6.04. The number of aliphatic hydroxyl groups is 3. The highest BCUT2D eigenvalue weighted by atomic mass is 16.5. The fraction of sp³-hybridized carbons (Fsp3) is 0.269. The highest BCUT2D eigenvalue weighted by Crippen LogP contribution is 2.38. The maximum absolute atomic E-state index is 10.5. The predicted octanol–water partition coefficient (Wildman–Crippen LogP) is 3.02. The molecule has 4 unspecified atom stereocenters. The molecule has 2 aromatic carbocycles. The summed E-state index contributed by atoms with van der Waals surface area (Å²) in [6, 6.07) is 18.5. The first-order valence-electron chi connectivity index (χ1n) is 11.2. The van der Waals surface area contributed by atoms with Crippen molar-refractivity contribution in [2.75, 3.05) is 13.7 Å². The molecule has 0 amide bonds. The van der Waals surface area contributed by atoms with Gasteiger partial charge in [0.25, 0.3) is 5.89 Å². The van der Waals surface area contributed by atoms with Gasteiger partial charge in [0.2, 0.25) is 5.89 Å². The van der Waals surface area contributed by atoms with Gasteiger partial charge >= 0.3 is 0 Å². The molecule has 4 atom stereocenters. The van der Waals surface area contributed by atoms with Crippen molar-refractivity contribution in [1.82, 2.24) is 15.2 Å². The summed E-state index contributed by atoms with van der Waals surface area (Å²) in [6.07, 6.45) is -1.53. The average Bonchev–Trinajstić information content (AvgIpc) is 3.41. The van der Waals surface area contributed by atoms with Crippen LogP contribution < -0.4 is 4.74 Å². The van der Waals surface area contributed by atoms with Crippen LogP contribution in [0.4, 0.5) is 0 Å². The van der Waals surface area contributed by atoms with E-state index in [9.17, 15) is 15.3 Å². The number of pyridine rings is 1. The number of hydrogen-bond donors (Lipinski definition) is 3. The second kappa shape index (κ2) is 9.93. The molecule has 2 aromatic heterocycles. The molecule has 1 fully saturated rings. The second-order valence-corrected chi connectivity index (χ2v) is 8.32. The maximum atomic E-state index is 10.5. The Bertz CT molecular complexity index is 1300. The minimum atomic E-state index is -1.09. The van der Waals surface area contributed by atoms with E-state index in [2.05, 4.69) is 15.2 Å². The molecule has 0 spiro atoms. The van der Waals surface area contributed by atoms with Gasteiger partial charge in [-0.2, -0.15) is 0 Å². The van der Waals surface area contributed by atoms with E-state index in [0.717, 1.165) is 11.1 Å². The van der Waals surface area contributed by atoms with Gasteiger partial charge in [0.15, 0.2) is 0 Å². The van der Waals surface area contributed by atoms with Gasteiger partial charge in [-0.25, -0.2) is 0 Å². The smallest absolute Gasteiger partial charge is 0.266 e. The Labute approximate surface area is 201 Å². The van der Waals surface area contributed by atoms with Crippen LogP contribution in [0.15, 0.2) is 71.3 Å². The van der Waals surface area contributed by atoms with Crippen molar-refractivity contribution in [3.8, 4) is 39.9 Å². The lowest BCUT2D eigenvalue weighted by Gasteiger charge is -2.37. The van der Waals surface area contributed by atoms with Crippen LogP contribution in [0, 0.1) is 0 Å². The van der Waals surface area contributed by atoms with E-state index < -0.39 is 24.4 Å².